The predicted molar refractivity (Wildman–Crippen MR) is 65.1 cm³/mol. The largest absolute Gasteiger partial charge is 0.383 e. The minimum absolute atomic E-state index is 0.0854. The van der Waals surface area contributed by atoms with E-state index in [0.717, 1.165) is 19.4 Å². The van der Waals surface area contributed by atoms with Gasteiger partial charge in [-0.3, -0.25) is 0 Å². The van der Waals surface area contributed by atoms with Crippen LogP contribution in [0, 0.1) is 0 Å². The second-order valence-corrected chi connectivity index (χ2v) is 4.66. The third-order valence-electron chi connectivity index (χ3n) is 3.03. The van der Waals surface area contributed by atoms with Crippen molar-refractivity contribution in [3.63, 3.8) is 0 Å². The van der Waals surface area contributed by atoms with Gasteiger partial charge in [0.25, 0.3) is 0 Å². The Morgan fingerprint density at radius 3 is 2.47 bits per heavy atom. The molecular formula is C13H20N2. The topological polar surface area (TPSA) is 38.0 Å². The van der Waals surface area contributed by atoms with Crippen LogP contribution in [0.1, 0.15) is 31.7 Å². The van der Waals surface area contributed by atoms with Crippen molar-refractivity contribution in [1.82, 2.24) is 0 Å². The molecule has 0 heterocycles. The lowest BCUT2D eigenvalue weighted by Gasteiger charge is -2.11. The summed E-state index contributed by atoms with van der Waals surface area (Å²) in [4.78, 5) is 0. The first-order chi connectivity index (χ1) is 7.22. The summed E-state index contributed by atoms with van der Waals surface area (Å²) >= 11 is 0. The van der Waals surface area contributed by atoms with Crippen LogP contribution in [0.5, 0.6) is 0 Å². The Morgan fingerprint density at radius 2 is 1.93 bits per heavy atom. The van der Waals surface area contributed by atoms with E-state index in [2.05, 4.69) is 36.5 Å². The van der Waals surface area contributed by atoms with Gasteiger partial charge in [0.15, 0.2) is 0 Å². The zero-order valence-electron chi connectivity index (χ0n) is 9.42. The first-order valence-electron chi connectivity index (χ1n) is 5.83. The highest BCUT2D eigenvalue weighted by Gasteiger charge is 2.37. The van der Waals surface area contributed by atoms with Gasteiger partial charge in [0.1, 0.15) is 0 Å². The molecule has 0 aromatic heterocycles. The maximum atomic E-state index is 6.01. The molecular weight excluding hydrogens is 184 g/mol. The van der Waals surface area contributed by atoms with Crippen LogP contribution >= 0.6 is 0 Å². The van der Waals surface area contributed by atoms with E-state index in [4.69, 9.17) is 5.73 Å². The second kappa shape index (κ2) is 4.23. The molecule has 1 aliphatic rings. The van der Waals surface area contributed by atoms with Gasteiger partial charge in [-0.05, 0) is 37.0 Å². The van der Waals surface area contributed by atoms with Gasteiger partial charge >= 0.3 is 0 Å². The van der Waals surface area contributed by atoms with Crippen molar-refractivity contribution in [2.75, 3.05) is 11.9 Å². The van der Waals surface area contributed by atoms with Crippen LogP contribution in [0.2, 0.25) is 0 Å². The van der Waals surface area contributed by atoms with Crippen molar-refractivity contribution in [3.05, 3.63) is 29.8 Å². The fourth-order valence-electron chi connectivity index (χ4n) is 1.69. The highest BCUT2D eigenvalue weighted by Crippen LogP contribution is 2.32. The molecule has 1 fully saturated rings. The van der Waals surface area contributed by atoms with E-state index in [9.17, 15) is 0 Å². The Morgan fingerprint density at radius 1 is 1.27 bits per heavy atom. The maximum absolute atomic E-state index is 6.01. The Balaban J connectivity index is 1.86. The van der Waals surface area contributed by atoms with Gasteiger partial charge in [-0.2, -0.15) is 0 Å². The first-order valence-corrected chi connectivity index (χ1v) is 5.83. The summed E-state index contributed by atoms with van der Waals surface area (Å²) in [7, 11) is 0. The Bertz CT molecular complexity index is 312. The second-order valence-electron chi connectivity index (χ2n) is 4.66. The van der Waals surface area contributed by atoms with Crippen LogP contribution in [0.4, 0.5) is 5.69 Å². The molecule has 0 aliphatic heterocycles. The minimum Gasteiger partial charge on any atom is -0.383 e. The monoisotopic (exact) mass is 204 g/mol. The van der Waals surface area contributed by atoms with Gasteiger partial charge < -0.3 is 11.1 Å². The lowest BCUT2D eigenvalue weighted by atomic mass is 10.1. The zero-order chi connectivity index (χ0) is 10.7. The lowest BCUT2D eigenvalue weighted by Crippen LogP contribution is -2.30. The Labute approximate surface area is 91.9 Å². The summed E-state index contributed by atoms with van der Waals surface area (Å²) in [5.74, 6) is 0. The van der Waals surface area contributed by atoms with Gasteiger partial charge in [0.2, 0.25) is 0 Å². The van der Waals surface area contributed by atoms with Crippen LogP contribution in [-0.4, -0.2) is 12.1 Å². The van der Waals surface area contributed by atoms with Gasteiger partial charge in [-0.1, -0.05) is 25.5 Å². The molecule has 2 nitrogen and oxygen atoms in total. The van der Waals surface area contributed by atoms with E-state index < -0.39 is 0 Å². The van der Waals surface area contributed by atoms with E-state index in [1.807, 2.05) is 0 Å². The van der Waals surface area contributed by atoms with Gasteiger partial charge in [-0.15, -0.1) is 0 Å². The van der Waals surface area contributed by atoms with Crippen LogP contribution in [0.15, 0.2) is 24.3 Å². The highest BCUT2D eigenvalue weighted by atomic mass is 15.0. The molecule has 0 amide bonds. The molecule has 2 heteroatoms. The molecule has 0 bridgehead atoms. The van der Waals surface area contributed by atoms with E-state index in [0.29, 0.717) is 0 Å². The number of nitrogens with one attached hydrogen (secondary N) is 1. The average Bonchev–Trinajstić information content (AvgIpc) is 2.97. The van der Waals surface area contributed by atoms with Crippen molar-refractivity contribution in [3.8, 4) is 0 Å². The van der Waals surface area contributed by atoms with Gasteiger partial charge in [0, 0.05) is 17.8 Å². The van der Waals surface area contributed by atoms with E-state index in [1.165, 1.54) is 24.1 Å². The summed E-state index contributed by atoms with van der Waals surface area (Å²) in [6.07, 6.45) is 4.70. The maximum Gasteiger partial charge on any atom is 0.0340 e. The fraction of sp³-hybridized carbons (Fsp3) is 0.538. The van der Waals surface area contributed by atoms with Gasteiger partial charge in [0.05, 0.1) is 0 Å². The van der Waals surface area contributed by atoms with Crippen molar-refractivity contribution < 1.29 is 0 Å². The molecule has 3 N–H and O–H groups in total. The number of anilines is 1. The van der Waals surface area contributed by atoms with Gasteiger partial charge in [-0.25, -0.2) is 0 Å². The molecule has 15 heavy (non-hydrogen) atoms. The molecule has 0 atom stereocenters. The molecule has 1 aliphatic carbocycles. The number of hydrogen-bond donors (Lipinski definition) is 2. The molecule has 0 saturated heterocycles. The summed E-state index contributed by atoms with van der Waals surface area (Å²) in [5.41, 5.74) is 8.70. The summed E-state index contributed by atoms with van der Waals surface area (Å²) in [5, 5.41) is 3.39. The molecule has 0 unspecified atom stereocenters. The SMILES string of the molecule is CCCc1ccc(NCC2(N)CC2)cc1. The number of aryl methyl sites for hydroxylation is 1. The molecule has 1 saturated carbocycles. The fourth-order valence-corrected chi connectivity index (χ4v) is 1.69. The normalized spacial score (nSPS) is 17.5. The lowest BCUT2D eigenvalue weighted by molar-refractivity contribution is 0.713. The third-order valence-corrected chi connectivity index (χ3v) is 3.03. The molecule has 1 aromatic carbocycles. The van der Waals surface area contributed by atoms with E-state index in [-0.39, 0.29) is 5.54 Å². The van der Waals surface area contributed by atoms with Crippen LogP contribution < -0.4 is 11.1 Å². The van der Waals surface area contributed by atoms with Crippen molar-refractivity contribution in [2.45, 2.75) is 38.1 Å². The number of hydrogen-bond acceptors (Lipinski definition) is 2. The average molecular weight is 204 g/mol. The van der Waals surface area contributed by atoms with Crippen LogP contribution in [0.25, 0.3) is 0 Å². The molecule has 1 aromatic rings. The summed E-state index contributed by atoms with van der Waals surface area (Å²) in [6.45, 7) is 3.11. The minimum atomic E-state index is 0.0854. The number of rotatable bonds is 5. The number of nitrogens with two attached hydrogens (primary N) is 1. The summed E-state index contributed by atoms with van der Waals surface area (Å²) in [6, 6.07) is 8.69. The van der Waals surface area contributed by atoms with Crippen molar-refractivity contribution >= 4 is 5.69 Å². The third kappa shape index (κ3) is 2.96. The highest BCUT2D eigenvalue weighted by molar-refractivity contribution is 5.45. The molecule has 0 spiro atoms. The molecule has 82 valence electrons. The molecule has 0 radical (unpaired) electrons. The Hall–Kier alpha value is -1.02. The Kier molecular flexibility index (Phi) is 2.96. The molecule has 2 rings (SSSR count). The summed E-state index contributed by atoms with van der Waals surface area (Å²) < 4.78 is 0. The number of benzene rings is 1. The van der Waals surface area contributed by atoms with Crippen LogP contribution in [0.3, 0.4) is 0 Å². The van der Waals surface area contributed by atoms with Crippen molar-refractivity contribution in [1.29, 1.82) is 0 Å². The first kappa shape index (κ1) is 10.5. The van der Waals surface area contributed by atoms with E-state index in [1.54, 1.807) is 0 Å². The van der Waals surface area contributed by atoms with Crippen molar-refractivity contribution in [2.24, 2.45) is 5.73 Å². The predicted octanol–water partition coefficient (Wildman–Crippen LogP) is 2.54. The quantitative estimate of drug-likeness (QED) is 0.773. The standard InChI is InChI=1S/C13H20N2/c1-2-3-11-4-6-12(7-5-11)15-10-13(14)8-9-13/h4-7,15H,2-3,8-10,14H2,1H3. The smallest absolute Gasteiger partial charge is 0.0340 e. The zero-order valence-corrected chi connectivity index (χ0v) is 9.42. The van der Waals surface area contributed by atoms with Crippen LogP contribution in [-0.2, 0) is 6.42 Å². The van der Waals surface area contributed by atoms with E-state index >= 15 is 0 Å².